The smallest absolute Gasteiger partial charge is 0.237 e. The average Bonchev–Trinajstić information content (AvgIpc) is 3.23. The van der Waals surface area contributed by atoms with Crippen LogP contribution in [0, 0.1) is 0 Å². The van der Waals surface area contributed by atoms with Crippen LogP contribution in [-0.4, -0.2) is 44.1 Å². The molecule has 1 aliphatic heterocycles. The molecule has 1 saturated heterocycles. The summed E-state index contributed by atoms with van der Waals surface area (Å²) < 4.78 is 5.18. The molecule has 7 nitrogen and oxygen atoms in total. The van der Waals surface area contributed by atoms with Crippen molar-refractivity contribution in [2.45, 2.75) is 38.4 Å². The van der Waals surface area contributed by atoms with E-state index < -0.39 is 0 Å². The van der Waals surface area contributed by atoms with Crippen LogP contribution in [0.4, 0.5) is 5.69 Å². The molecule has 0 radical (unpaired) electrons. The summed E-state index contributed by atoms with van der Waals surface area (Å²) in [7, 11) is 1.66. The van der Waals surface area contributed by atoms with Gasteiger partial charge in [-0.3, -0.25) is 9.59 Å². The summed E-state index contributed by atoms with van der Waals surface area (Å²) in [5, 5.41) is 12.6. The van der Waals surface area contributed by atoms with Crippen LogP contribution in [0.3, 0.4) is 0 Å². The highest BCUT2D eigenvalue weighted by Gasteiger charge is 2.28. The second-order valence-corrected chi connectivity index (χ2v) is 7.54. The van der Waals surface area contributed by atoms with Crippen molar-refractivity contribution in [3.63, 3.8) is 0 Å². The van der Waals surface area contributed by atoms with E-state index in [0.717, 1.165) is 42.9 Å². The number of anilines is 1. The van der Waals surface area contributed by atoms with Gasteiger partial charge in [0.2, 0.25) is 11.8 Å². The predicted molar refractivity (Wildman–Crippen MR) is 117 cm³/mol. The first-order valence-corrected chi connectivity index (χ1v) is 10.3. The zero-order valence-corrected chi connectivity index (χ0v) is 17.5. The highest BCUT2D eigenvalue weighted by atomic mass is 16.5. The Morgan fingerprint density at radius 1 is 1.07 bits per heavy atom. The van der Waals surface area contributed by atoms with Gasteiger partial charge < -0.3 is 26.0 Å². The average molecular weight is 411 g/mol. The SMILES string of the molecule is COc1ccc(CNC2CNC(C(=O)NCCc3ccc(NC(C)=O)cc3)C2)cc1. The van der Waals surface area contributed by atoms with E-state index in [0.29, 0.717) is 6.54 Å². The number of nitrogens with one attached hydrogen (secondary N) is 4. The van der Waals surface area contributed by atoms with Crippen molar-refractivity contribution < 1.29 is 14.3 Å². The van der Waals surface area contributed by atoms with Crippen LogP contribution in [-0.2, 0) is 22.6 Å². The molecule has 0 aromatic heterocycles. The number of amides is 2. The quantitative estimate of drug-likeness (QED) is 0.506. The minimum Gasteiger partial charge on any atom is -0.497 e. The molecule has 0 aliphatic carbocycles. The van der Waals surface area contributed by atoms with Crippen LogP contribution in [0.2, 0.25) is 0 Å². The van der Waals surface area contributed by atoms with Gasteiger partial charge >= 0.3 is 0 Å². The maximum absolute atomic E-state index is 12.4. The normalized spacial score (nSPS) is 18.1. The summed E-state index contributed by atoms with van der Waals surface area (Å²) in [5.74, 6) is 0.802. The Morgan fingerprint density at radius 2 is 1.77 bits per heavy atom. The van der Waals surface area contributed by atoms with Gasteiger partial charge in [-0.2, -0.15) is 0 Å². The van der Waals surface area contributed by atoms with E-state index in [-0.39, 0.29) is 23.9 Å². The minimum atomic E-state index is -0.166. The Kier molecular flexibility index (Phi) is 7.82. The number of rotatable bonds is 9. The monoisotopic (exact) mass is 410 g/mol. The van der Waals surface area contributed by atoms with Crippen LogP contribution in [0.25, 0.3) is 0 Å². The second kappa shape index (κ2) is 10.8. The lowest BCUT2D eigenvalue weighted by molar-refractivity contribution is -0.122. The van der Waals surface area contributed by atoms with E-state index in [1.165, 1.54) is 12.5 Å². The summed E-state index contributed by atoms with van der Waals surface area (Å²) in [5.41, 5.74) is 3.08. The van der Waals surface area contributed by atoms with Crippen molar-refractivity contribution in [3.8, 4) is 5.75 Å². The number of carbonyl (C=O) groups excluding carboxylic acids is 2. The molecular weight excluding hydrogens is 380 g/mol. The van der Waals surface area contributed by atoms with Gasteiger partial charge in [0.15, 0.2) is 0 Å². The molecule has 1 heterocycles. The van der Waals surface area contributed by atoms with E-state index in [9.17, 15) is 9.59 Å². The third-order valence-electron chi connectivity index (χ3n) is 5.19. The molecule has 2 amide bonds. The molecule has 4 N–H and O–H groups in total. The number of hydrogen-bond donors (Lipinski definition) is 4. The number of methoxy groups -OCH3 is 1. The molecule has 0 saturated carbocycles. The molecule has 160 valence electrons. The summed E-state index contributed by atoms with van der Waals surface area (Å²) >= 11 is 0. The molecule has 2 unspecified atom stereocenters. The predicted octanol–water partition coefficient (Wildman–Crippen LogP) is 1.83. The van der Waals surface area contributed by atoms with Gasteiger partial charge in [-0.15, -0.1) is 0 Å². The Morgan fingerprint density at radius 3 is 2.43 bits per heavy atom. The Labute approximate surface area is 177 Å². The van der Waals surface area contributed by atoms with Gasteiger partial charge in [0.05, 0.1) is 13.2 Å². The lowest BCUT2D eigenvalue weighted by atomic mass is 10.1. The number of ether oxygens (including phenoxy) is 1. The first kappa shape index (κ1) is 21.8. The maximum Gasteiger partial charge on any atom is 0.237 e. The minimum absolute atomic E-state index is 0.0404. The zero-order valence-electron chi connectivity index (χ0n) is 17.5. The van der Waals surface area contributed by atoms with Gasteiger partial charge in [0, 0.05) is 38.3 Å². The molecule has 1 fully saturated rings. The van der Waals surface area contributed by atoms with Crippen LogP contribution in [0.1, 0.15) is 24.5 Å². The lowest BCUT2D eigenvalue weighted by Crippen LogP contribution is -2.41. The highest BCUT2D eigenvalue weighted by molar-refractivity contribution is 5.88. The summed E-state index contributed by atoms with van der Waals surface area (Å²) in [6.45, 7) is 3.61. The summed E-state index contributed by atoms with van der Waals surface area (Å²) in [6.07, 6.45) is 1.52. The van der Waals surface area contributed by atoms with E-state index in [1.807, 2.05) is 48.5 Å². The topological polar surface area (TPSA) is 91.5 Å². The lowest BCUT2D eigenvalue weighted by Gasteiger charge is -2.13. The van der Waals surface area contributed by atoms with Crippen molar-refractivity contribution in [3.05, 3.63) is 59.7 Å². The van der Waals surface area contributed by atoms with Gasteiger partial charge in [-0.1, -0.05) is 24.3 Å². The van der Waals surface area contributed by atoms with E-state index >= 15 is 0 Å². The molecule has 0 bridgehead atoms. The molecule has 7 heteroatoms. The van der Waals surface area contributed by atoms with Crippen LogP contribution in [0.5, 0.6) is 5.75 Å². The zero-order chi connectivity index (χ0) is 21.3. The van der Waals surface area contributed by atoms with Crippen molar-refractivity contribution in [2.75, 3.05) is 25.5 Å². The van der Waals surface area contributed by atoms with Crippen molar-refractivity contribution in [2.24, 2.45) is 0 Å². The van der Waals surface area contributed by atoms with Gasteiger partial charge in [0.25, 0.3) is 0 Å². The number of benzene rings is 2. The van der Waals surface area contributed by atoms with Crippen molar-refractivity contribution in [1.82, 2.24) is 16.0 Å². The number of hydrogen-bond acceptors (Lipinski definition) is 5. The van der Waals surface area contributed by atoms with E-state index in [1.54, 1.807) is 7.11 Å². The fourth-order valence-electron chi connectivity index (χ4n) is 3.51. The third-order valence-corrected chi connectivity index (χ3v) is 5.19. The van der Waals surface area contributed by atoms with Crippen molar-refractivity contribution >= 4 is 17.5 Å². The summed E-state index contributed by atoms with van der Waals surface area (Å²) in [4.78, 5) is 23.5. The van der Waals surface area contributed by atoms with Crippen LogP contribution >= 0.6 is 0 Å². The molecule has 3 rings (SSSR count). The van der Waals surface area contributed by atoms with E-state index in [4.69, 9.17) is 4.74 Å². The molecule has 2 aromatic carbocycles. The first-order chi connectivity index (χ1) is 14.5. The fraction of sp³-hybridized carbons (Fsp3) is 0.391. The molecular formula is C23H30N4O3. The highest BCUT2D eigenvalue weighted by Crippen LogP contribution is 2.13. The Balaban J connectivity index is 1.35. The largest absolute Gasteiger partial charge is 0.497 e. The van der Waals surface area contributed by atoms with E-state index in [2.05, 4.69) is 21.3 Å². The van der Waals surface area contributed by atoms with Gasteiger partial charge in [-0.25, -0.2) is 0 Å². The maximum atomic E-state index is 12.4. The number of carbonyl (C=O) groups is 2. The fourth-order valence-corrected chi connectivity index (χ4v) is 3.51. The van der Waals surface area contributed by atoms with Crippen molar-refractivity contribution in [1.29, 1.82) is 0 Å². The Bertz CT molecular complexity index is 837. The Hall–Kier alpha value is -2.90. The molecule has 2 atom stereocenters. The molecule has 1 aliphatic rings. The second-order valence-electron chi connectivity index (χ2n) is 7.54. The summed E-state index contributed by atoms with van der Waals surface area (Å²) in [6, 6.07) is 15.8. The standard InChI is InChI=1S/C23H30N4O3/c1-16(28)27-19-7-3-17(4-8-19)11-12-24-23(29)22-13-20(15-26-22)25-14-18-5-9-21(30-2)10-6-18/h3-10,20,22,25-26H,11-15H2,1-2H3,(H,24,29)(H,27,28). The van der Waals surface area contributed by atoms with Gasteiger partial charge in [-0.05, 0) is 48.2 Å². The molecule has 2 aromatic rings. The first-order valence-electron chi connectivity index (χ1n) is 10.3. The van der Waals surface area contributed by atoms with Crippen LogP contribution in [0.15, 0.2) is 48.5 Å². The van der Waals surface area contributed by atoms with Crippen LogP contribution < -0.4 is 26.0 Å². The molecule has 30 heavy (non-hydrogen) atoms. The van der Waals surface area contributed by atoms with Gasteiger partial charge in [0.1, 0.15) is 5.75 Å². The molecule has 0 spiro atoms. The third kappa shape index (κ3) is 6.57.